The van der Waals surface area contributed by atoms with Crippen molar-refractivity contribution in [1.82, 2.24) is 5.32 Å². The summed E-state index contributed by atoms with van der Waals surface area (Å²) in [5.41, 5.74) is 1.75. The molecule has 5 heteroatoms. The molecule has 0 heterocycles. The maximum Gasteiger partial charge on any atom is 0.408 e. The van der Waals surface area contributed by atoms with E-state index in [1.54, 1.807) is 12.1 Å². The molecule has 0 radical (unpaired) electrons. The zero-order chi connectivity index (χ0) is 15.8. The Morgan fingerprint density at radius 1 is 1.23 bits per heavy atom. The molecule has 1 amide bonds. The van der Waals surface area contributed by atoms with E-state index in [0.717, 1.165) is 15.6 Å². The van der Waals surface area contributed by atoms with Gasteiger partial charge in [-0.25, -0.2) is 4.79 Å². The molecule has 1 N–H and O–H groups in total. The summed E-state index contributed by atoms with van der Waals surface area (Å²) >= 11 is 9.23. The van der Waals surface area contributed by atoms with Crippen LogP contribution < -0.4 is 5.32 Å². The Morgan fingerprint density at radius 2 is 2.00 bits per heavy atom. The first-order valence-corrected chi connectivity index (χ1v) is 7.71. The van der Waals surface area contributed by atoms with Crippen molar-refractivity contribution < 1.29 is 9.53 Å². The van der Waals surface area contributed by atoms with Crippen LogP contribution in [0.2, 0.25) is 5.02 Å². The monoisotopic (exact) mass is 377 g/mol. The quantitative estimate of drug-likeness (QED) is 0.805. The summed E-state index contributed by atoms with van der Waals surface area (Å²) in [7, 11) is 0. The Bertz CT molecular complexity index is 708. The summed E-state index contributed by atoms with van der Waals surface area (Å²) < 4.78 is 5.89. The number of hydrogen-bond donors (Lipinski definition) is 1. The van der Waals surface area contributed by atoms with Crippen LogP contribution in [0.4, 0.5) is 4.79 Å². The normalized spacial score (nSPS) is 9.55. The van der Waals surface area contributed by atoms with E-state index in [9.17, 15) is 4.79 Å². The Labute approximate surface area is 142 Å². The van der Waals surface area contributed by atoms with Gasteiger partial charge in [-0.15, -0.1) is 0 Å². The highest BCUT2D eigenvalue weighted by Gasteiger charge is 2.00. The van der Waals surface area contributed by atoms with Gasteiger partial charge in [0.05, 0.1) is 6.54 Å². The van der Waals surface area contributed by atoms with Crippen LogP contribution in [-0.2, 0) is 11.3 Å². The van der Waals surface area contributed by atoms with Crippen molar-refractivity contribution >= 4 is 33.6 Å². The number of nitrogens with one attached hydrogen (secondary N) is 1. The number of alkyl carbamates (subject to hydrolysis) is 1. The molecule has 0 unspecified atom stereocenters. The zero-order valence-corrected chi connectivity index (χ0v) is 13.9. The Kier molecular flexibility index (Phi) is 6.32. The number of ether oxygens (including phenoxy) is 1. The van der Waals surface area contributed by atoms with Crippen LogP contribution >= 0.6 is 27.5 Å². The third kappa shape index (κ3) is 5.44. The number of hydrogen-bond acceptors (Lipinski definition) is 2. The van der Waals surface area contributed by atoms with Gasteiger partial charge in [0.2, 0.25) is 0 Å². The van der Waals surface area contributed by atoms with Crippen LogP contribution in [0.3, 0.4) is 0 Å². The molecule has 0 aliphatic carbocycles. The summed E-state index contributed by atoms with van der Waals surface area (Å²) in [6.45, 7) is 0.450. The lowest BCUT2D eigenvalue weighted by Gasteiger charge is -2.04. The van der Waals surface area contributed by atoms with Crippen molar-refractivity contribution in [3.05, 3.63) is 69.2 Å². The maximum atomic E-state index is 11.5. The first-order chi connectivity index (χ1) is 10.6. The van der Waals surface area contributed by atoms with Crippen LogP contribution in [0, 0.1) is 11.8 Å². The summed E-state index contributed by atoms with van der Waals surface area (Å²) in [6.07, 6.45) is -0.492. The van der Waals surface area contributed by atoms with Crippen LogP contribution in [0.1, 0.15) is 11.1 Å². The molecular formula is C17H13BrClNO2. The first-order valence-electron chi connectivity index (χ1n) is 6.53. The lowest BCUT2D eigenvalue weighted by molar-refractivity contribution is 0.141. The molecule has 0 aliphatic heterocycles. The van der Waals surface area contributed by atoms with Crippen molar-refractivity contribution in [3.8, 4) is 11.8 Å². The lowest BCUT2D eigenvalue weighted by atomic mass is 10.2. The molecule has 0 bridgehead atoms. The highest BCUT2D eigenvalue weighted by molar-refractivity contribution is 9.10. The number of carbonyl (C=O) groups is 1. The van der Waals surface area contributed by atoms with Gasteiger partial charge >= 0.3 is 6.09 Å². The predicted octanol–water partition coefficient (Wildman–Crippen LogP) is 4.38. The topological polar surface area (TPSA) is 38.3 Å². The van der Waals surface area contributed by atoms with E-state index in [4.69, 9.17) is 16.3 Å². The van der Waals surface area contributed by atoms with Crippen molar-refractivity contribution in [2.75, 3.05) is 6.54 Å². The first kappa shape index (κ1) is 16.4. The molecule has 0 saturated heterocycles. The molecule has 0 fully saturated rings. The molecule has 0 aliphatic rings. The minimum Gasteiger partial charge on any atom is -0.445 e. The fourth-order valence-corrected chi connectivity index (χ4v) is 2.40. The minimum absolute atomic E-state index is 0.211. The van der Waals surface area contributed by atoms with E-state index in [1.165, 1.54) is 0 Å². The smallest absolute Gasteiger partial charge is 0.408 e. The summed E-state index contributed by atoms with van der Waals surface area (Å²) in [4.78, 5) is 11.5. The van der Waals surface area contributed by atoms with Gasteiger partial charge in [0.25, 0.3) is 0 Å². The maximum absolute atomic E-state index is 11.5. The van der Waals surface area contributed by atoms with E-state index in [1.807, 2.05) is 36.4 Å². The molecule has 0 aromatic heterocycles. The van der Waals surface area contributed by atoms with Crippen molar-refractivity contribution in [3.63, 3.8) is 0 Å². The Hall–Kier alpha value is -1.96. The molecule has 2 rings (SSSR count). The van der Waals surface area contributed by atoms with Gasteiger partial charge in [0.15, 0.2) is 0 Å². The SMILES string of the molecule is O=C(NCC#Cc1ccc(Cl)cc1Br)OCc1ccccc1. The Balaban J connectivity index is 1.76. The van der Waals surface area contributed by atoms with Gasteiger partial charge in [-0.3, -0.25) is 0 Å². The zero-order valence-electron chi connectivity index (χ0n) is 11.6. The third-order valence-electron chi connectivity index (χ3n) is 2.69. The van der Waals surface area contributed by atoms with Crippen LogP contribution in [-0.4, -0.2) is 12.6 Å². The van der Waals surface area contributed by atoms with Crippen molar-refractivity contribution in [2.24, 2.45) is 0 Å². The number of carbonyl (C=O) groups excluding carboxylic acids is 1. The summed E-state index contributed by atoms with van der Waals surface area (Å²) in [6, 6.07) is 14.8. The fourth-order valence-electron chi connectivity index (χ4n) is 1.62. The molecule has 2 aromatic rings. The summed E-state index contributed by atoms with van der Waals surface area (Å²) in [5.74, 6) is 5.80. The number of rotatable bonds is 3. The van der Waals surface area contributed by atoms with E-state index in [-0.39, 0.29) is 13.2 Å². The van der Waals surface area contributed by atoms with E-state index >= 15 is 0 Å². The predicted molar refractivity (Wildman–Crippen MR) is 90.7 cm³/mol. The molecule has 22 heavy (non-hydrogen) atoms. The third-order valence-corrected chi connectivity index (χ3v) is 3.58. The van der Waals surface area contributed by atoms with Gasteiger partial charge < -0.3 is 10.1 Å². The van der Waals surface area contributed by atoms with Crippen LogP contribution in [0.5, 0.6) is 0 Å². The fraction of sp³-hybridized carbons (Fsp3) is 0.118. The van der Waals surface area contributed by atoms with Crippen LogP contribution in [0.25, 0.3) is 0 Å². The molecule has 0 saturated carbocycles. The number of benzene rings is 2. The second-order valence-electron chi connectivity index (χ2n) is 4.34. The molecule has 2 aromatic carbocycles. The standard InChI is InChI=1S/C17H13BrClNO2/c18-16-11-15(19)9-8-14(16)7-4-10-20-17(21)22-12-13-5-2-1-3-6-13/h1-3,5-6,8-9,11H,10,12H2,(H,20,21). The highest BCUT2D eigenvalue weighted by Crippen LogP contribution is 2.20. The van der Waals surface area contributed by atoms with Gasteiger partial charge in [0.1, 0.15) is 6.61 Å². The minimum atomic E-state index is -0.492. The van der Waals surface area contributed by atoms with Crippen molar-refractivity contribution in [1.29, 1.82) is 0 Å². The number of halogens is 2. The Morgan fingerprint density at radius 3 is 2.73 bits per heavy atom. The van der Waals surface area contributed by atoms with E-state index < -0.39 is 6.09 Å². The molecule has 3 nitrogen and oxygen atoms in total. The molecule has 0 atom stereocenters. The second kappa shape index (κ2) is 8.47. The van der Waals surface area contributed by atoms with E-state index in [2.05, 4.69) is 33.1 Å². The molecule has 112 valence electrons. The van der Waals surface area contributed by atoms with Gasteiger partial charge in [-0.05, 0) is 39.7 Å². The van der Waals surface area contributed by atoms with Gasteiger partial charge in [0, 0.05) is 15.1 Å². The van der Waals surface area contributed by atoms with Crippen LogP contribution in [0.15, 0.2) is 53.0 Å². The van der Waals surface area contributed by atoms with Gasteiger partial charge in [-0.2, -0.15) is 0 Å². The lowest BCUT2D eigenvalue weighted by Crippen LogP contribution is -2.24. The highest BCUT2D eigenvalue weighted by atomic mass is 79.9. The average Bonchev–Trinajstić information content (AvgIpc) is 2.52. The average molecular weight is 379 g/mol. The largest absolute Gasteiger partial charge is 0.445 e. The summed E-state index contributed by atoms with van der Waals surface area (Å²) in [5, 5.41) is 3.22. The molecule has 0 spiro atoms. The number of amides is 1. The second-order valence-corrected chi connectivity index (χ2v) is 5.63. The van der Waals surface area contributed by atoms with Gasteiger partial charge in [-0.1, -0.05) is 53.8 Å². The van der Waals surface area contributed by atoms with E-state index in [0.29, 0.717) is 5.02 Å². The molecular weight excluding hydrogens is 366 g/mol. The van der Waals surface area contributed by atoms with Crippen molar-refractivity contribution in [2.45, 2.75) is 6.61 Å².